The molecule has 1 N–H and O–H groups in total. The molecule has 0 bridgehead atoms. The van der Waals surface area contributed by atoms with Crippen LogP contribution in [0, 0.1) is 0 Å². The first kappa shape index (κ1) is 12.6. The summed E-state index contributed by atoms with van der Waals surface area (Å²) in [6.07, 6.45) is 7.77. The van der Waals surface area contributed by atoms with Crippen molar-refractivity contribution in [1.29, 1.82) is 0 Å². The van der Waals surface area contributed by atoms with Gasteiger partial charge in [0.2, 0.25) is 0 Å². The first-order valence-electron chi connectivity index (χ1n) is 7.67. The van der Waals surface area contributed by atoms with Crippen molar-refractivity contribution in [3.05, 3.63) is 18.2 Å². The topological polar surface area (TPSA) is 26.7 Å². The number of nitrogens with zero attached hydrogens (tertiary/aromatic N) is 2. The molecule has 3 heteroatoms. The third-order valence-corrected chi connectivity index (χ3v) is 4.33. The molecule has 104 valence electrons. The second kappa shape index (κ2) is 5.72. The average Bonchev–Trinajstić information content (AvgIpc) is 2.48. The highest BCUT2D eigenvalue weighted by molar-refractivity contribution is 5.63. The minimum atomic E-state index is 0.406. The van der Waals surface area contributed by atoms with Crippen molar-refractivity contribution < 1.29 is 5.11 Å². The van der Waals surface area contributed by atoms with Crippen LogP contribution in [-0.4, -0.2) is 31.3 Å². The maximum atomic E-state index is 10.0. The van der Waals surface area contributed by atoms with Gasteiger partial charge in [-0.05, 0) is 44.6 Å². The highest BCUT2D eigenvalue weighted by Gasteiger charge is 2.16. The summed E-state index contributed by atoms with van der Waals surface area (Å²) in [5.41, 5.74) is 2.39. The van der Waals surface area contributed by atoms with Crippen LogP contribution in [0.5, 0.6) is 5.75 Å². The van der Waals surface area contributed by atoms with E-state index >= 15 is 0 Å². The Kier molecular flexibility index (Phi) is 3.81. The zero-order valence-corrected chi connectivity index (χ0v) is 11.6. The Morgan fingerprint density at radius 3 is 1.47 bits per heavy atom. The molecule has 1 aromatic rings. The van der Waals surface area contributed by atoms with Gasteiger partial charge in [-0.2, -0.15) is 0 Å². The molecule has 2 heterocycles. The van der Waals surface area contributed by atoms with E-state index in [9.17, 15) is 5.11 Å². The van der Waals surface area contributed by atoms with Gasteiger partial charge in [0.1, 0.15) is 5.75 Å². The van der Waals surface area contributed by atoms with E-state index in [1.165, 1.54) is 49.9 Å². The van der Waals surface area contributed by atoms with E-state index in [0.29, 0.717) is 5.75 Å². The molecule has 0 atom stereocenters. The molecule has 0 amide bonds. The molecule has 0 aliphatic carbocycles. The highest BCUT2D eigenvalue weighted by atomic mass is 16.3. The van der Waals surface area contributed by atoms with Gasteiger partial charge in [0.15, 0.2) is 0 Å². The van der Waals surface area contributed by atoms with Crippen LogP contribution in [-0.2, 0) is 0 Å². The third-order valence-electron chi connectivity index (χ3n) is 4.33. The van der Waals surface area contributed by atoms with Crippen molar-refractivity contribution in [1.82, 2.24) is 0 Å². The molecule has 3 rings (SSSR count). The molecular formula is C16H24N2O. The zero-order valence-electron chi connectivity index (χ0n) is 11.6. The van der Waals surface area contributed by atoms with Gasteiger partial charge in [-0.15, -0.1) is 0 Å². The van der Waals surface area contributed by atoms with E-state index in [2.05, 4.69) is 15.9 Å². The second-order valence-corrected chi connectivity index (χ2v) is 5.80. The zero-order chi connectivity index (χ0) is 13.1. The van der Waals surface area contributed by atoms with E-state index in [4.69, 9.17) is 0 Å². The van der Waals surface area contributed by atoms with Crippen molar-refractivity contribution in [2.75, 3.05) is 36.0 Å². The molecule has 0 unspecified atom stereocenters. The number of piperidine rings is 2. The van der Waals surface area contributed by atoms with Gasteiger partial charge in [-0.3, -0.25) is 0 Å². The fourth-order valence-electron chi connectivity index (χ4n) is 3.25. The predicted molar refractivity (Wildman–Crippen MR) is 80.2 cm³/mol. The molecule has 0 spiro atoms. The molecule has 3 nitrogen and oxygen atoms in total. The Morgan fingerprint density at radius 2 is 1.05 bits per heavy atom. The molecular weight excluding hydrogens is 236 g/mol. The number of anilines is 2. The normalized spacial score (nSPS) is 20.6. The van der Waals surface area contributed by atoms with Gasteiger partial charge < -0.3 is 14.9 Å². The van der Waals surface area contributed by atoms with Crippen LogP contribution in [0.1, 0.15) is 38.5 Å². The van der Waals surface area contributed by atoms with E-state index in [0.717, 1.165) is 26.2 Å². The number of hydrogen-bond acceptors (Lipinski definition) is 3. The molecule has 0 radical (unpaired) electrons. The van der Waals surface area contributed by atoms with Gasteiger partial charge in [0.05, 0.1) is 0 Å². The molecule has 19 heavy (non-hydrogen) atoms. The minimum absolute atomic E-state index is 0.406. The maximum Gasteiger partial charge on any atom is 0.119 e. The molecule has 2 aliphatic rings. The monoisotopic (exact) mass is 260 g/mol. The Labute approximate surface area is 115 Å². The van der Waals surface area contributed by atoms with E-state index in [-0.39, 0.29) is 0 Å². The quantitative estimate of drug-likeness (QED) is 0.883. The first-order chi connectivity index (χ1) is 9.33. The second-order valence-electron chi connectivity index (χ2n) is 5.80. The molecule has 0 saturated carbocycles. The smallest absolute Gasteiger partial charge is 0.119 e. The first-order valence-corrected chi connectivity index (χ1v) is 7.67. The summed E-state index contributed by atoms with van der Waals surface area (Å²) in [6, 6.07) is 6.09. The molecule has 2 fully saturated rings. The van der Waals surface area contributed by atoms with Gasteiger partial charge in [0.25, 0.3) is 0 Å². The fraction of sp³-hybridized carbons (Fsp3) is 0.625. The summed E-state index contributed by atoms with van der Waals surface area (Å²) in [5, 5.41) is 10.0. The molecule has 2 saturated heterocycles. The van der Waals surface area contributed by atoms with Crippen molar-refractivity contribution >= 4 is 11.4 Å². The Balaban J connectivity index is 1.82. The number of aromatic hydroxyl groups is 1. The Hall–Kier alpha value is -1.38. The maximum absolute atomic E-state index is 10.0. The lowest BCUT2D eigenvalue weighted by molar-refractivity contribution is 0.474. The average molecular weight is 260 g/mol. The number of rotatable bonds is 2. The van der Waals surface area contributed by atoms with Gasteiger partial charge in [-0.1, -0.05) is 0 Å². The SMILES string of the molecule is Oc1cc(N2CCCCC2)cc(N2CCCCC2)c1. The van der Waals surface area contributed by atoms with Gasteiger partial charge in [-0.25, -0.2) is 0 Å². The lowest BCUT2D eigenvalue weighted by Gasteiger charge is -2.32. The summed E-state index contributed by atoms with van der Waals surface area (Å²) in [6.45, 7) is 4.51. The summed E-state index contributed by atoms with van der Waals surface area (Å²) in [4.78, 5) is 4.83. The van der Waals surface area contributed by atoms with Crippen molar-refractivity contribution in [3.8, 4) is 5.75 Å². The lowest BCUT2D eigenvalue weighted by Crippen LogP contribution is -2.31. The van der Waals surface area contributed by atoms with Crippen LogP contribution in [0.25, 0.3) is 0 Å². The summed E-state index contributed by atoms with van der Waals surface area (Å²) >= 11 is 0. The number of benzene rings is 1. The fourth-order valence-corrected chi connectivity index (χ4v) is 3.25. The van der Waals surface area contributed by atoms with Crippen LogP contribution >= 0.6 is 0 Å². The van der Waals surface area contributed by atoms with Crippen molar-refractivity contribution in [3.63, 3.8) is 0 Å². The van der Waals surface area contributed by atoms with E-state index in [1.54, 1.807) is 0 Å². The number of phenolic OH excluding ortho intramolecular Hbond substituents is 1. The van der Waals surface area contributed by atoms with Gasteiger partial charge >= 0.3 is 0 Å². The number of hydrogen-bond donors (Lipinski definition) is 1. The third kappa shape index (κ3) is 2.96. The molecule has 1 aromatic carbocycles. The van der Waals surface area contributed by atoms with Crippen LogP contribution in [0.3, 0.4) is 0 Å². The van der Waals surface area contributed by atoms with Crippen LogP contribution in [0.4, 0.5) is 11.4 Å². The highest BCUT2D eigenvalue weighted by Crippen LogP contribution is 2.31. The number of phenols is 1. The largest absolute Gasteiger partial charge is 0.508 e. The van der Waals surface area contributed by atoms with Crippen molar-refractivity contribution in [2.24, 2.45) is 0 Å². The Morgan fingerprint density at radius 1 is 0.632 bits per heavy atom. The summed E-state index contributed by atoms with van der Waals surface area (Å²) in [5.74, 6) is 0.406. The van der Waals surface area contributed by atoms with E-state index in [1.807, 2.05) is 12.1 Å². The van der Waals surface area contributed by atoms with E-state index < -0.39 is 0 Å². The van der Waals surface area contributed by atoms with Gasteiger partial charge in [0, 0.05) is 49.7 Å². The minimum Gasteiger partial charge on any atom is -0.508 e. The van der Waals surface area contributed by atoms with Crippen LogP contribution in [0.2, 0.25) is 0 Å². The summed E-state index contributed by atoms with van der Waals surface area (Å²) < 4.78 is 0. The Bertz CT molecular complexity index is 385. The summed E-state index contributed by atoms with van der Waals surface area (Å²) in [7, 11) is 0. The molecule has 2 aliphatic heterocycles. The van der Waals surface area contributed by atoms with Crippen LogP contribution < -0.4 is 9.80 Å². The van der Waals surface area contributed by atoms with Crippen LogP contribution in [0.15, 0.2) is 18.2 Å². The van der Waals surface area contributed by atoms with Crippen molar-refractivity contribution in [2.45, 2.75) is 38.5 Å². The lowest BCUT2D eigenvalue weighted by atomic mass is 10.1. The predicted octanol–water partition coefficient (Wildman–Crippen LogP) is 3.37. The standard InChI is InChI=1S/C16H24N2O/c19-16-12-14(17-7-3-1-4-8-17)11-15(13-16)18-9-5-2-6-10-18/h11-13,19H,1-10H2. The molecule has 0 aromatic heterocycles.